The Morgan fingerprint density at radius 1 is 1.38 bits per heavy atom. The number of aromatic nitrogens is 2. The lowest BCUT2D eigenvalue weighted by Crippen LogP contribution is -2.43. The number of thiocarbonyl (C=S) groups is 1. The van der Waals surface area contributed by atoms with Gasteiger partial charge >= 0.3 is 0 Å². The van der Waals surface area contributed by atoms with Crippen LogP contribution >= 0.6 is 23.8 Å². The zero-order valence-electron chi connectivity index (χ0n) is 15.6. The number of nitrogens with zero attached hydrogens (tertiary/aromatic N) is 2. The number of carbonyl (C=O) groups is 1. The van der Waals surface area contributed by atoms with Crippen molar-refractivity contribution < 1.29 is 13.6 Å². The molecular formula is C20H19ClF2N4OS. The van der Waals surface area contributed by atoms with E-state index in [0.29, 0.717) is 27.5 Å². The Morgan fingerprint density at radius 2 is 2.14 bits per heavy atom. The number of aryl methyl sites for hydroxylation is 1. The largest absolute Gasteiger partial charge is 0.348 e. The fourth-order valence-electron chi connectivity index (χ4n) is 3.12. The fraction of sp³-hybridized carbons (Fsp3) is 0.250. The molecule has 0 spiro atoms. The van der Waals surface area contributed by atoms with Crippen molar-refractivity contribution in [2.24, 2.45) is 12.8 Å². The summed E-state index contributed by atoms with van der Waals surface area (Å²) < 4.78 is 28.2. The minimum Gasteiger partial charge on any atom is -0.348 e. The van der Waals surface area contributed by atoms with Gasteiger partial charge in [0.25, 0.3) is 5.91 Å². The molecule has 3 rings (SSSR count). The molecule has 1 amide bonds. The minimum absolute atomic E-state index is 0.120. The maximum atomic E-state index is 13.4. The molecule has 0 saturated carbocycles. The molecule has 9 heteroatoms. The lowest BCUT2D eigenvalue weighted by molar-refractivity contribution is -0.117. The van der Waals surface area contributed by atoms with E-state index in [2.05, 4.69) is 10.4 Å². The van der Waals surface area contributed by atoms with Crippen LogP contribution in [0.25, 0.3) is 5.57 Å². The molecule has 1 aromatic carbocycles. The number of hydrogen-bond donors (Lipinski definition) is 2. The van der Waals surface area contributed by atoms with Crippen LogP contribution in [0.5, 0.6) is 0 Å². The number of rotatable bonds is 6. The molecule has 29 heavy (non-hydrogen) atoms. The normalized spacial score (nSPS) is 15.3. The van der Waals surface area contributed by atoms with Gasteiger partial charge in [0.15, 0.2) is 11.6 Å². The van der Waals surface area contributed by atoms with Gasteiger partial charge in [0.05, 0.1) is 11.3 Å². The Morgan fingerprint density at radius 3 is 2.76 bits per heavy atom. The molecule has 2 aromatic rings. The van der Waals surface area contributed by atoms with Crippen molar-refractivity contribution in [3.05, 3.63) is 70.0 Å². The topological polar surface area (TPSA) is 72.9 Å². The first-order valence-corrected chi connectivity index (χ1v) is 9.65. The third-order valence-corrected chi connectivity index (χ3v) is 5.36. The van der Waals surface area contributed by atoms with E-state index in [-0.39, 0.29) is 13.0 Å². The van der Waals surface area contributed by atoms with E-state index in [1.165, 1.54) is 12.1 Å². The highest BCUT2D eigenvalue weighted by Crippen LogP contribution is 2.32. The molecular weight excluding hydrogens is 418 g/mol. The van der Waals surface area contributed by atoms with E-state index >= 15 is 0 Å². The maximum Gasteiger partial charge on any atom is 0.252 e. The Bertz CT molecular complexity index is 1030. The first kappa shape index (κ1) is 21.3. The van der Waals surface area contributed by atoms with Gasteiger partial charge in [0.1, 0.15) is 0 Å². The van der Waals surface area contributed by atoms with Crippen molar-refractivity contribution in [1.29, 1.82) is 0 Å². The number of benzene rings is 1. The van der Waals surface area contributed by atoms with E-state index in [1.54, 1.807) is 17.9 Å². The molecule has 3 N–H and O–H groups in total. The summed E-state index contributed by atoms with van der Waals surface area (Å²) in [6, 6.07) is 4.94. The molecule has 0 saturated heterocycles. The Kier molecular flexibility index (Phi) is 6.56. The Hall–Kier alpha value is -2.42. The van der Waals surface area contributed by atoms with Gasteiger partial charge in [0.2, 0.25) is 0 Å². The van der Waals surface area contributed by atoms with E-state index in [1.807, 2.05) is 6.07 Å². The number of allylic oxidation sites excluding steroid dienone is 3. The zero-order chi connectivity index (χ0) is 21.1. The van der Waals surface area contributed by atoms with Crippen molar-refractivity contribution >= 4 is 40.2 Å². The van der Waals surface area contributed by atoms with Crippen molar-refractivity contribution in [2.75, 3.05) is 6.54 Å². The Labute approximate surface area is 177 Å². The quantitative estimate of drug-likeness (QED) is 0.683. The molecule has 5 nitrogen and oxygen atoms in total. The summed E-state index contributed by atoms with van der Waals surface area (Å²) >= 11 is 11.8. The van der Waals surface area contributed by atoms with E-state index in [9.17, 15) is 13.6 Å². The van der Waals surface area contributed by atoms with Crippen molar-refractivity contribution in [2.45, 2.75) is 18.9 Å². The summed E-state index contributed by atoms with van der Waals surface area (Å²) in [7, 11) is 1.80. The average Bonchev–Trinajstić information content (AvgIpc) is 3.11. The standard InChI is InChI=1S/C20H19ClF2N4OS/c1-27-18(4-5-25-27)13-9-19(29)14(8-15(13)21)20(28)26-12(10-24)6-11-2-3-16(22)17(23)7-11/h2-5,7-8,12H,6,9-10,24H2,1H3,(H,26,28)/t12-/m0/s1. The first-order valence-electron chi connectivity index (χ1n) is 8.87. The SMILES string of the molecule is Cn1nccc1C1=C(Cl)C=C(C(=O)N[C@H](CN)Cc2ccc(F)c(F)c2)C(=S)C1. The van der Waals surface area contributed by atoms with Crippen LogP contribution in [0.2, 0.25) is 0 Å². The number of amides is 1. The highest BCUT2D eigenvalue weighted by atomic mass is 35.5. The molecule has 0 radical (unpaired) electrons. The smallest absolute Gasteiger partial charge is 0.252 e. The highest BCUT2D eigenvalue weighted by Gasteiger charge is 2.25. The summed E-state index contributed by atoms with van der Waals surface area (Å²) in [5, 5.41) is 7.33. The van der Waals surface area contributed by atoms with Crippen LogP contribution in [-0.2, 0) is 18.3 Å². The second kappa shape index (κ2) is 8.94. The molecule has 0 aliphatic heterocycles. The van der Waals surface area contributed by atoms with Crippen LogP contribution in [0.1, 0.15) is 17.7 Å². The van der Waals surface area contributed by atoms with Gasteiger partial charge in [-0.25, -0.2) is 8.78 Å². The predicted molar refractivity (Wildman–Crippen MR) is 112 cm³/mol. The molecule has 1 aliphatic carbocycles. The van der Waals surface area contributed by atoms with E-state index in [4.69, 9.17) is 29.6 Å². The molecule has 1 heterocycles. The number of halogens is 3. The third kappa shape index (κ3) is 4.77. The Balaban J connectivity index is 1.76. The third-order valence-electron chi connectivity index (χ3n) is 4.66. The molecule has 1 atom stereocenters. The van der Waals surface area contributed by atoms with Crippen LogP contribution in [-0.4, -0.2) is 33.1 Å². The summed E-state index contributed by atoms with van der Waals surface area (Å²) in [6.45, 7) is 0.120. The molecule has 1 aliphatic rings. The average molecular weight is 437 g/mol. The van der Waals surface area contributed by atoms with Gasteiger partial charge in [-0.15, -0.1) is 0 Å². The lowest BCUT2D eigenvalue weighted by Gasteiger charge is -2.21. The predicted octanol–water partition coefficient (Wildman–Crippen LogP) is 3.03. The summed E-state index contributed by atoms with van der Waals surface area (Å²) in [5.74, 6) is -2.28. The highest BCUT2D eigenvalue weighted by molar-refractivity contribution is 7.81. The van der Waals surface area contributed by atoms with Gasteiger partial charge in [0, 0.05) is 47.7 Å². The van der Waals surface area contributed by atoms with Crippen LogP contribution < -0.4 is 11.1 Å². The number of carbonyl (C=O) groups excluding carboxylic acids is 1. The lowest BCUT2D eigenvalue weighted by atomic mass is 9.94. The van der Waals surface area contributed by atoms with Crippen LogP contribution in [0.4, 0.5) is 8.78 Å². The van der Waals surface area contributed by atoms with Gasteiger partial charge in [-0.1, -0.05) is 29.9 Å². The summed E-state index contributed by atoms with van der Waals surface area (Å²) in [5.41, 5.74) is 8.19. The molecule has 0 unspecified atom stereocenters. The van der Waals surface area contributed by atoms with Crippen molar-refractivity contribution in [3.8, 4) is 0 Å². The number of nitrogens with two attached hydrogens (primary N) is 1. The number of hydrogen-bond acceptors (Lipinski definition) is 4. The van der Waals surface area contributed by atoms with E-state index < -0.39 is 23.6 Å². The fourth-order valence-corrected chi connectivity index (χ4v) is 3.69. The second-order valence-corrected chi connectivity index (χ2v) is 7.58. The van der Waals surface area contributed by atoms with Crippen LogP contribution in [0.15, 0.2) is 47.1 Å². The summed E-state index contributed by atoms with van der Waals surface area (Å²) in [6.07, 6.45) is 3.79. The first-order chi connectivity index (χ1) is 13.8. The van der Waals surface area contributed by atoms with Crippen molar-refractivity contribution in [3.63, 3.8) is 0 Å². The van der Waals surface area contributed by atoms with Gasteiger partial charge < -0.3 is 11.1 Å². The van der Waals surface area contributed by atoms with Crippen molar-refractivity contribution in [1.82, 2.24) is 15.1 Å². The van der Waals surface area contributed by atoms with Gasteiger partial charge in [-0.05, 0) is 36.3 Å². The molecule has 152 valence electrons. The minimum atomic E-state index is -0.944. The molecule has 0 fully saturated rings. The van der Waals surface area contributed by atoms with Crippen LogP contribution in [0.3, 0.4) is 0 Å². The van der Waals surface area contributed by atoms with Gasteiger partial charge in [-0.2, -0.15) is 5.10 Å². The molecule has 1 aromatic heterocycles. The second-order valence-electron chi connectivity index (χ2n) is 6.68. The zero-order valence-corrected chi connectivity index (χ0v) is 17.2. The van der Waals surface area contributed by atoms with Gasteiger partial charge in [-0.3, -0.25) is 9.48 Å². The van der Waals surface area contributed by atoms with E-state index in [0.717, 1.165) is 23.4 Å². The monoisotopic (exact) mass is 436 g/mol. The summed E-state index contributed by atoms with van der Waals surface area (Å²) in [4.78, 5) is 13.2. The maximum absolute atomic E-state index is 13.4. The van der Waals surface area contributed by atoms with Crippen LogP contribution in [0, 0.1) is 11.6 Å². The molecule has 0 bridgehead atoms. The number of nitrogens with one attached hydrogen (secondary N) is 1.